The van der Waals surface area contributed by atoms with Crippen LogP contribution in [0.25, 0.3) is 6.08 Å². The largest absolute Gasteiger partial charge is 0.298 e. The van der Waals surface area contributed by atoms with Crippen molar-refractivity contribution < 1.29 is 14.0 Å². The summed E-state index contributed by atoms with van der Waals surface area (Å²) in [4.78, 5) is 21.4. The Bertz CT molecular complexity index is 441. The number of hydrogen-bond donors (Lipinski definition) is 0. The molecule has 90 valence electrons. The molecule has 0 bridgehead atoms. The van der Waals surface area contributed by atoms with E-state index in [1.807, 2.05) is 6.08 Å². The van der Waals surface area contributed by atoms with Crippen LogP contribution in [0.5, 0.6) is 0 Å². The molecule has 4 heteroatoms. The second-order valence-electron chi connectivity index (χ2n) is 3.39. The Labute approximate surface area is 104 Å². The van der Waals surface area contributed by atoms with Crippen molar-refractivity contribution in [2.75, 3.05) is 5.75 Å². The Hall–Kier alpha value is -1.42. The van der Waals surface area contributed by atoms with Gasteiger partial charge in [0.1, 0.15) is 5.82 Å². The van der Waals surface area contributed by atoms with E-state index in [1.54, 1.807) is 18.2 Å². The molecule has 0 saturated carbocycles. The van der Waals surface area contributed by atoms with Crippen molar-refractivity contribution in [1.29, 1.82) is 0 Å². The summed E-state index contributed by atoms with van der Waals surface area (Å²) in [5.41, 5.74) is 0.635. The number of allylic oxidation sites excluding steroid dienone is 1. The summed E-state index contributed by atoms with van der Waals surface area (Å²) in [6, 6.07) is 4.50. The van der Waals surface area contributed by atoms with Crippen molar-refractivity contribution in [2.24, 2.45) is 0 Å². The minimum Gasteiger partial charge on any atom is -0.298 e. The molecule has 0 amide bonds. The lowest BCUT2D eigenvalue weighted by molar-refractivity contribution is -0.109. The smallest absolute Gasteiger partial charge is 0.185 e. The summed E-state index contributed by atoms with van der Waals surface area (Å²) in [7, 11) is 0. The molecule has 0 aliphatic heterocycles. The monoisotopic (exact) mass is 252 g/mol. The van der Waals surface area contributed by atoms with Crippen LogP contribution in [0.4, 0.5) is 4.39 Å². The molecule has 1 rings (SSSR count). The third-order valence-electron chi connectivity index (χ3n) is 2.09. The first-order valence-electron chi connectivity index (χ1n) is 5.18. The Morgan fingerprint density at radius 3 is 2.88 bits per heavy atom. The Morgan fingerprint density at radius 1 is 1.47 bits per heavy atom. The van der Waals surface area contributed by atoms with Gasteiger partial charge in [0.25, 0.3) is 0 Å². The average molecular weight is 252 g/mol. The number of aldehydes is 1. The van der Waals surface area contributed by atoms with Crippen molar-refractivity contribution >= 4 is 29.2 Å². The molecule has 1 aromatic rings. The molecule has 0 N–H and O–H groups in total. The van der Waals surface area contributed by atoms with E-state index >= 15 is 0 Å². The molecule has 0 radical (unpaired) electrons. The molecule has 0 heterocycles. The zero-order valence-corrected chi connectivity index (χ0v) is 10.3. The van der Waals surface area contributed by atoms with Gasteiger partial charge in [0.05, 0.1) is 5.56 Å². The summed E-state index contributed by atoms with van der Waals surface area (Å²) >= 11 is 1.25. The van der Waals surface area contributed by atoms with E-state index < -0.39 is 5.82 Å². The standard InChI is InChI=1S/C13H13FO2S/c1-10(16)17-8-3-2-5-11-6-4-7-13(14)12(11)9-15/h2,4-7,9H,3,8H2,1H3. The fourth-order valence-corrected chi connectivity index (χ4v) is 1.85. The zero-order valence-electron chi connectivity index (χ0n) is 9.48. The molecule has 0 aliphatic rings. The highest BCUT2D eigenvalue weighted by Crippen LogP contribution is 2.13. The molecule has 0 unspecified atom stereocenters. The van der Waals surface area contributed by atoms with Crippen LogP contribution in [0, 0.1) is 5.82 Å². The fourth-order valence-electron chi connectivity index (χ4n) is 1.30. The quantitative estimate of drug-likeness (QED) is 0.595. The molecule has 0 spiro atoms. The summed E-state index contributed by atoms with van der Waals surface area (Å²) < 4.78 is 13.2. The van der Waals surface area contributed by atoms with E-state index in [4.69, 9.17) is 0 Å². The number of carbonyl (C=O) groups excluding carboxylic acids is 2. The van der Waals surface area contributed by atoms with Crippen molar-refractivity contribution in [1.82, 2.24) is 0 Å². The van der Waals surface area contributed by atoms with E-state index in [0.717, 1.165) is 0 Å². The SMILES string of the molecule is CC(=O)SCCC=Cc1cccc(F)c1C=O. The normalized spacial score (nSPS) is 10.7. The third-order valence-corrected chi connectivity index (χ3v) is 2.94. The second-order valence-corrected chi connectivity index (χ2v) is 4.66. The Kier molecular flexibility index (Phi) is 5.63. The molecule has 1 aromatic carbocycles. The van der Waals surface area contributed by atoms with Gasteiger partial charge in [-0.3, -0.25) is 9.59 Å². The van der Waals surface area contributed by atoms with Crippen molar-refractivity contribution in [3.05, 3.63) is 41.2 Å². The highest BCUT2D eigenvalue weighted by atomic mass is 32.2. The van der Waals surface area contributed by atoms with Gasteiger partial charge >= 0.3 is 0 Å². The van der Waals surface area contributed by atoms with Gasteiger partial charge in [-0.25, -0.2) is 4.39 Å². The summed E-state index contributed by atoms with van der Waals surface area (Å²) in [6.45, 7) is 1.52. The predicted octanol–water partition coefficient (Wildman–Crippen LogP) is 3.32. The lowest BCUT2D eigenvalue weighted by atomic mass is 10.1. The number of halogens is 1. The topological polar surface area (TPSA) is 34.1 Å². The van der Waals surface area contributed by atoms with Gasteiger partial charge in [-0.2, -0.15) is 0 Å². The average Bonchev–Trinajstić information content (AvgIpc) is 2.28. The molecule has 0 fully saturated rings. The highest BCUT2D eigenvalue weighted by Gasteiger charge is 2.03. The van der Waals surface area contributed by atoms with Crippen LogP contribution in [0.1, 0.15) is 29.3 Å². The van der Waals surface area contributed by atoms with Gasteiger partial charge < -0.3 is 0 Å². The van der Waals surface area contributed by atoms with Gasteiger partial charge in [-0.15, -0.1) is 0 Å². The molecule has 17 heavy (non-hydrogen) atoms. The first-order valence-corrected chi connectivity index (χ1v) is 6.17. The second kappa shape index (κ2) is 7.01. The minimum absolute atomic E-state index is 0.0722. The van der Waals surface area contributed by atoms with Gasteiger partial charge in [-0.05, 0) is 18.1 Å². The van der Waals surface area contributed by atoms with Crippen LogP contribution in [0.3, 0.4) is 0 Å². The first-order chi connectivity index (χ1) is 8.15. The first kappa shape index (κ1) is 13.6. The molecular formula is C13H13FO2S. The summed E-state index contributed by atoms with van der Waals surface area (Å²) in [6.07, 6.45) is 4.75. The third kappa shape index (κ3) is 4.53. The van der Waals surface area contributed by atoms with Crippen molar-refractivity contribution in [3.63, 3.8) is 0 Å². The zero-order chi connectivity index (χ0) is 12.7. The van der Waals surface area contributed by atoms with E-state index in [9.17, 15) is 14.0 Å². The van der Waals surface area contributed by atoms with Gasteiger partial charge in [0.2, 0.25) is 0 Å². The van der Waals surface area contributed by atoms with E-state index in [-0.39, 0.29) is 10.7 Å². The van der Waals surface area contributed by atoms with Gasteiger partial charge in [0, 0.05) is 12.7 Å². The van der Waals surface area contributed by atoms with E-state index in [1.165, 1.54) is 24.8 Å². The number of thioether (sulfide) groups is 1. The van der Waals surface area contributed by atoms with Crippen LogP contribution >= 0.6 is 11.8 Å². The molecule has 0 saturated heterocycles. The van der Waals surface area contributed by atoms with E-state index in [0.29, 0.717) is 24.0 Å². The van der Waals surface area contributed by atoms with Gasteiger partial charge in [-0.1, -0.05) is 36.0 Å². The maximum atomic E-state index is 13.2. The van der Waals surface area contributed by atoms with Crippen LogP contribution in [-0.4, -0.2) is 17.2 Å². The lowest BCUT2D eigenvalue weighted by Crippen LogP contribution is -1.91. The number of benzene rings is 1. The van der Waals surface area contributed by atoms with Gasteiger partial charge in [0.15, 0.2) is 11.4 Å². The highest BCUT2D eigenvalue weighted by molar-refractivity contribution is 8.13. The molecular weight excluding hydrogens is 239 g/mol. The maximum Gasteiger partial charge on any atom is 0.185 e. The van der Waals surface area contributed by atoms with Crippen molar-refractivity contribution in [3.8, 4) is 0 Å². The molecule has 0 atom stereocenters. The summed E-state index contributed by atoms with van der Waals surface area (Å²) in [5.74, 6) is 0.178. The Balaban J connectivity index is 2.62. The summed E-state index contributed by atoms with van der Waals surface area (Å²) in [5, 5.41) is 0.0812. The van der Waals surface area contributed by atoms with E-state index in [2.05, 4.69) is 0 Å². The lowest BCUT2D eigenvalue weighted by Gasteiger charge is -1.99. The van der Waals surface area contributed by atoms with Crippen LogP contribution in [0.15, 0.2) is 24.3 Å². The maximum absolute atomic E-state index is 13.2. The molecule has 2 nitrogen and oxygen atoms in total. The van der Waals surface area contributed by atoms with Crippen LogP contribution < -0.4 is 0 Å². The molecule has 0 aliphatic carbocycles. The fraction of sp³-hybridized carbons (Fsp3) is 0.231. The number of hydrogen-bond acceptors (Lipinski definition) is 3. The number of rotatable bonds is 5. The Morgan fingerprint density at radius 2 is 2.24 bits per heavy atom. The van der Waals surface area contributed by atoms with Crippen LogP contribution in [0.2, 0.25) is 0 Å². The predicted molar refractivity (Wildman–Crippen MR) is 68.6 cm³/mol. The minimum atomic E-state index is -0.514. The molecule has 0 aromatic heterocycles. The number of carbonyl (C=O) groups is 2. The van der Waals surface area contributed by atoms with Crippen molar-refractivity contribution in [2.45, 2.75) is 13.3 Å². The van der Waals surface area contributed by atoms with Crippen LogP contribution in [-0.2, 0) is 4.79 Å².